The maximum absolute atomic E-state index is 12.3. The number of benzene rings is 1. The predicted octanol–water partition coefficient (Wildman–Crippen LogP) is 3.65. The maximum Gasteiger partial charge on any atom is 0.241 e. The van der Waals surface area contributed by atoms with Gasteiger partial charge in [0.05, 0.1) is 6.04 Å². The average Bonchev–Trinajstić information content (AvgIpc) is 2.84. The van der Waals surface area contributed by atoms with Crippen LogP contribution in [0.25, 0.3) is 0 Å². The summed E-state index contributed by atoms with van der Waals surface area (Å²) in [7, 11) is 0. The van der Waals surface area contributed by atoms with E-state index in [-0.39, 0.29) is 17.4 Å². The van der Waals surface area contributed by atoms with Crippen LogP contribution in [0.15, 0.2) is 24.3 Å². The van der Waals surface area contributed by atoms with Crippen molar-refractivity contribution in [2.75, 3.05) is 18.4 Å². The third-order valence-corrected chi connectivity index (χ3v) is 4.40. The molecule has 1 N–H and O–H groups in total. The highest BCUT2D eigenvalue weighted by molar-refractivity contribution is 5.94. The molecule has 1 heterocycles. The standard InChI is InChI=1S/C18H28N2O/c1-13-10-11-20(12-13)14(2)17(21)19-16-8-6-15(7-9-16)18(3,4)5/h6-9,13-14H,10-12H2,1-5H3,(H,19,21). The Morgan fingerprint density at radius 3 is 2.38 bits per heavy atom. The summed E-state index contributed by atoms with van der Waals surface area (Å²) in [4.78, 5) is 14.6. The van der Waals surface area contributed by atoms with Crippen molar-refractivity contribution in [2.45, 2.75) is 52.5 Å². The van der Waals surface area contributed by atoms with E-state index in [1.54, 1.807) is 0 Å². The van der Waals surface area contributed by atoms with Gasteiger partial charge in [-0.05, 0) is 48.9 Å². The molecule has 3 heteroatoms. The SMILES string of the molecule is CC1CCN(C(C)C(=O)Nc2ccc(C(C)(C)C)cc2)C1. The summed E-state index contributed by atoms with van der Waals surface area (Å²) >= 11 is 0. The molecule has 1 aliphatic heterocycles. The van der Waals surface area contributed by atoms with E-state index >= 15 is 0 Å². The summed E-state index contributed by atoms with van der Waals surface area (Å²) in [5, 5.41) is 3.03. The Kier molecular flexibility index (Phi) is 4.72. The van der Waals surface area contributed by atoms with E-state index in [1.807, 2.05) is 19.1 Å². The van der Waals surface area contributed by atoms with Crippen LogP contribution in [0.4, 0.5) is 5.69 Å². The van der Waals surface area contributed by atoms with Crippen molar-refractivity contribution in [2.24, 2.45) is 5.92 Å². The van der Waals surface area contributed by atoms with E-state index < -0.39 is 0 Å². The first-order chi connectivity index (χ1) is 9.77. The highest BCUT2D eigenvalue weighted by Gasteiger charge is 2.27. The first-order valence-corrected chi connectivity index (χ1v) is 7.93. The van der Waals surface area contributed by atoms with Gasteiger partial charge in [0, 0.05) is 12.2 Å². The fourth-order valence-corrected chi connectivity index (χ4v) is 2.79. The van der Waals surface area contributed by atoms with Crippen LogP contribution in [-0.2, 0) is 10.2 Å². The number of nitrogens with zero attached hydrogens (tertiary/aromatic N) is 1. The van der Waals surface area contributed by atoms with E-state index in [0.29, 0.717) is 5.92 Å². The molecule has 1 fully saturated rings. The largest absolute Gasteiger partial charge is 0.325 e. The van der Waals surface area contributed by atoms with Gasteiger partial charge in [0.1, 0.15) is 0 Å². The second kappa shape index (κ2) is 6.18. The van der Waals surface area contributed by atoms with Gasteiger partial charge in [-0.3, -0.25) is 9.69 Å². The van der Waals surface area contributed by atoms with Crippen LogP contribution >= 0.6 is 0 Å². The van der Waals surface area contributed by atoms with Crippen LogP contribution in [0.5, 0.6) is 0 Å². The zero-order valence-electron chi connectivity index (χ0n) is 13.9. The molecule has 2 atom stereocenters. The Morgan fingerprint density at radius 1 is 1.29 bits per heavy atom. The molecular formula is C18H28N2O. The molecule has 0 aliphatic carbocycles. The number of hydrogen-bond donors (Lipinski definition) is 1. The molecular weight excluding hydrogens is 260 g/mol. The second-order valence-electron chi connectivity index (χ2n) is 7.38. The quantitative estimate of drug-likeness (QED) is 0.920. The fourth-order valence-electron chi connectivity index (χ4n) is 2.79. The minimum Gasteiger partial charge on any atom is -0.325 e. The highest BCUT2D eigenvalue weighted by atomic mass is 16.2. The van der Waals surface area contributed by atoms with E-state index in [0.717, 1.165) is 18.8 Å². The lowest BCUT2D eigenvalue weighted by Crippen LogP contribution is -2.40. The molecule has 2 rings (SSSR count). The third kappa shape index (κ3) is 4.07. The molecule has 116 valence electrons. The van der Waals surface area contributed by atoms with Gasteiger partial charge >= 0.3 is 0 Å². The topological polar surface area (TPSA) is 32.3 Å². The maximum atomic E-state index is 12.3. The van der Waals surface area contributed by atoms with E-state index in [2.05, 4.69) is 50.0 Å². The molecule has 0 aromatic heterocycles. The molecule has 1 aliphatic rings. The summed E-state index contributed by atoms with van der Waals surface area (Å²) in [6, 6.07) is 8.13. The normalized spacial score (nSPS) is 21.3. The van der Waals surface area contributed by atoms with Gasteiger partial charge in [-0.2, -0.15) is 0 Å². The van der Waals surface area contributed by atoms with E-state index in [1.165, 1.54) is 12.0 Å². The smallest absolute Gasteiger partial charge is 0.241 e. The van der Waals surface area contributed by atoms with Crippen molar-refractivity contribution in [3.63, 3.8) is 0 Å². The first kappa shape index (κ1) is 16.0. The highest BCUT2D eigenvalue weighted by Crippen LogP contribution is 2.24. The van der Waals surface area contributed by atoms with Crippen molar-refractivity contribution in [3.8, 4) is 0 Å². The lowest BCUT2D eigenvalue weighted by Gasteiger charge is -2.23. The number of likely N-dealkylation sites (tertiary alicyclic amines) is 1. The molecule has 3 nitrogen and oxygen atoms in total. The van der Waals surface area contributed by atoms with Gasteiger partial charge in [-0.15, -0.1) is 0 Å². The van der Waals surface area contributed by atoms with Gasteiger partial charge < -0.3 is 5.32 Å². The summed E-state index contributed by atoms with van der Waals surface area (Å²) in [6.45, 7) is 12.9. The van der Waals surface area contributed by atoms with Gasteiger partial charge in [0.15, 0.2) is 0 Å². The molecule has 21 heavy (non-hydrogen) atoms. The minimum absolute atomic E-state index is 0.0581. The van der Waals surface area contributed by atoms with Gasteiger partial charge in [-0.1, -0.05) is 39.8 Å². The van der Waals surface area contributed by atoms with Crippen molar-refractivity contribution in [1.29, 1.82) is 0 Å². The molecule has 2 unspecified atom stereocenters. The van der Waals surface area contributed by atoms with Gasteiger partial charge in [-0.25, -0.2) is 0 Å². The number of amides is 1. The second-order valence-corrected chi connectivity index (χ2v) is 7.38. The number of rotatable bonds is 3. The Labute approximate surface area is 128 Å². The van der Waals surface area contributed by atoms with Crippen molar-refractivity contribution in [3.05, 3.63) is 29.8 Å². The number of nitrogens with one attached hydrogen (secondary N) is 1. The number of carbonyl (C=O) groups is 1. The third-order valence-electron chi connectivity index (χ3n) is 4.40. The van der Waals surface area contributed by atoms with Gasteiger partial charge in [0.25, 0.3) is 0 Å². The molecule has 1 saturated heterocycles. The fraction of sp³-hybridized carbons (Fsp3) is 0.611. The van der Waals surface area contributed by atoms with Crippen LogP contribution in [0.2, 0.25) is 0 Å². The number of hydrogen-bond acceptors (Lipinski definition) is 2. The Morgan fingerprint density at radius 2 is 1.90 bits per heavy atom. The van der Waals surface area contributed by atoms with Crippen molar-refractivity contribution < 1.29 is 4.79 Å². The van der Waals surface area contributed by atoms with Crippen LogP contribution in [0.1, 0.15) is 46.6 Å². The van der Waals surface area contributed by atoms with Crippen molar-refractivity contribution in [1.82, 2.24) is 4.90 Å². The van der Waals surface area contributed by atoms with E-state index in [9.17, 15) is 4.79 Å². The zero-order valence-corrected chi connectivity index (χ0v) is 13.9. The number of anilines is 1. The summed E-state index contributed by atoms with van der Waals surface area (Å²) in [6.07, 6.45) is 1.19. The number of carbonyl (C=O) groups excluding carboxylic acids is 1. The average molecular weight is 288 g/mol. The van der Waals surface area contributed by atoms with Crippen LogP contribution in [0.3, 0.4) is 0 Å². The monoisotopic (exact) mass is 288 g/mol. The van der Waals surface area contributed by atoms with Gasteiger partial charge in [0.2, 0.25) is 5.91 Å². The zero-order chi connectivity index (χ0) is 15.6. The van der Waals surface area contributed by atoms with E-state index in [4.69, 9.17) is 0 Å². The molecule has 0 radical (unpaired) electrons. The molecule has 1 aromatic carbocycles. The summed E-state index contributed by atoms with van der Waals surface area (Å²) in [5.74, 6) is 0.791. The first-order valence-electron chi connectivity index (χ1n) is 7.93. The van der Waals surface area contributed by atoms with Crippen LogP contribution < -0.4 is 5.32 Å². The summed E-state index contributed by atoms with van der Waals surface area (Å²) in [5.41, 5.74) is 2.30. The van der Waals surface area contributed by atoms with Crippen LogP contribution in [-0.4, -0.2) is 29.9 Å². The molecule has 0 spiro atoms. The predicted molar refractivity (Wildman–Crippen MR) is 88.6 cm³/mol. The Hall–Kier alpha value is -1.35. The Balaban J connectivity index is 1.96. The molecule has 1 amide bonds. The van der Waals surface area contributed by atoms with Crippen LogP contribution in [0, 0.1) is 5.92 Å². The minimum atomic E-state index is -0.0581. The molecule has 0 saturated carbocycles. The van der Waals surface area contributed by atoms with Crippen molar-refractivity contribution >= 4 is 11.6 Å². The lowest BCUT2D eigenvalue weighted by atomic mass is 9.87. The molecule has 1 aromatic rings. The molecule has 0 bridgehead atoms. The lowest BCUT2D eigenvalue weighted by molar-refractivity contribution is -0.120. The Bertz CT molecular complexity index is 487. The summed E-state index contributed by atoms with van der Waals surface area (Å²) < 4.78 is 0.